The Labute approximate surface area is 168 Å². The van der Waals surface area contributed by atoms with Gasteiger partial charge in [0, 0.05) is 0 Å². The summed E-state index contributed by atoms with van der Waals surface area (Å²) in [4.78, 5) is 35.0. The lowest BCUT2D eigenvalue weighted by Gasteiger charge is -2.10. The number of nitrogens with one attached hydrogen (secondary N) is 2. The molecule has 2 aromatic carbocycles. The largest absolute Gasteiger partial charge is 0.484 e. The van der Waals surface area contributed by atoms with E-state index in [-0.39, 0.29) is 6.61 Å². The van der Waals surface area contributed by atoms with E-state index in [1.54, 1.807) is 48.5 Å². The van der Waals surface area contributed by atoms with E-state index in [4.69, 9.17) is 27.9 Å². The van der Waals surface area contributed by atoms with Crippen LogP contribution < -0.4 is 15.4 Å². The average Bonchev–Trinajstić information content (AvgIpc) is 2.95. The number of hydrogen-bond donors (Lipinski definition) is 2. The summed E-state index contributed by atoms with van der Waals surface area (Å²) in [6, 6.07) is 11.6. The van der Waals surface area contributed by atoms with E-state index in [9.17, 15) is 14.4 Å². The summed E-state index contributed by atoms with van der Waals surface area (Å²) in [6.07, 6.45) is 1.60. The number of anilines is 1. The van der Waals surface area contributed by atoms with Crippen molar-refractivity contribution >= 4 is 63.8 Å². The van der Waals surface area contributed by atoms with Crippen LogP contribution in [0.15, 0.2) is 47.4 Å². The Bertz CT molecular complexity index is 925. The lowest BCUT2D eigenvalue weighted by atomic mass is 10.2. The molecule has 3 amide bonds. The minimum absolute atomic E-state index is 0.227. The summed E-state index contributed by atoms with van der Waals surface area (Å²) in [6.45, 7) is -0.227. The topological polar surface area (TPSA) is 84.5 Å². The Morgan fingerprint density at radius 3 is 2.37 bits per heavy atom. The second kappa shape index (κ2) is 8.47. The van der Waals surface area contributed by atoms with Crippen molar-refractivity contribution in [1.29, 1.82) is 0 Å². The van der Waals surface area contributed by atoms with Gasteiger partial charge in [-0.2, -0.15) is 0 Å². The maximum atomic E-state index is 12.0. The normalized spacial score (nSPS) is 15.0. The van der Waals surface area contributed by atoms with Gasteiger partial charge in [0.1, 0.15) is 5.75 Å². The van der Waals surface area contributed by atoms with Gasteiger partial charge < -0.3 is 10.1 Å². The molecular formula is C18H12Cl2N2O4S. The van der Waals surface area contributed by atoms with E-state index in [1.165, 1.54) is 0 Å². The number of carbonyl (C=O) groups is 3. The number of halogens is 2. The summed E-state index contributed by atoms with van der Waals surface area (Å²) >= 11 is 12.8. The standard InChI is InChI=1S/C18H12Cl2N2O4S/c19-12-2-1-3-13(20)16(12)21-15(23)9-26-11-6-4-10(5-7-11)8-14-17(24)22-18(25)27-14/h1-8H,9H2,(H,21,23)(H,22,24,25)/b14-8-. The van der Waals surface area contributed by atoms with Crippen LogP contribution >= 0.6 is 35.0 Å². The quantitative estimate of drug-likeness (QED) is 0.700. The van der Waals surface area contributed by atoms with Gasteiger partial charge >= 0.3 is 0 Å². The molecule has 0 aromatic heterocycles. The fourth-order valence-corrected chi connectivity index (χ4v) is 3.35. The van der Waals surface area contributed by atoms with Gasteiger partial charge in [-0.05, 0) is 47.7 Å². The van der Waals surface area contributed by atoms with E-state index in [1.807, 2.05) is 0 Å². The number of para-hydroxylation sites is 1. The zero-order chi connectivity index (χ0) is 19.4. The van der Waals surface area contributed by atoms with Gasteiger partial charge in [-0.15, -0.1) is 0 Å². The Kier molecular flexibility index (Phi) is 6.05. The molecule has 2 aromatic rings. The van der Waals surface area contributed by atoms with Crippen LogP contribution in [0.4, 0.5) is 10.5 Å². The number of carbonyl (C=O) groups excluding carboxylic acids is 3. The molecule has 138 valence electrons. The van der Waals surface area contributed by atoms with Crippen LogP contribution in [-0.4, -0.2) is 23.7 Å². The summed E-state index contributed by atoms with van der Waals surface area (Å²) < 4.78 is 5.43. The molecule has 1 fully saturated rings. The van der Waals surface area contributed by atoms with Crippen molar-refractivity contribution < 1.29 is 19.1 Å². The van der Waals surface area contributed by atoms with Crippen LogP contribution in [-0.2, 0) is 9.59 Å². The first-order valence-corrected chi connectivity index (χ1v) is 9.21. The molecule has 1 aliphatic rings. The second-order valence-corrected chi connectivity index (χ2v) is 7.18. The van der Waals surface area contributed by atoms with Crippen LogP contribution in [0.2, 0.25) is 10.0 Å². The number of imide groups is 1. The molecule has 1 saturated heterocycles. The van der Waals surface area contributed by atoms with Gasteiger partial charge in [0.05, 0.1) is 20.6 Å². The number of benzene rings is 2. The molecule has 9 heteroatoms. The Balaban J connectivity index is 1.57. The highest BCUT2D eigenvalue weighted by atomic mass is 35.5. The first-order chi connectivity index (χ1) is 12.9. The smallest absolute Gasteiger partial charge is 0.290 e. The van der Waals surface area contributed by atoms with E-state index in [0.29, 0.717) is 26.4 Å². The van der Waals surface area contributed by atoms with E-state index in [2.05, 4.69) is 10.6 Å². The third-order valence-electron chi connectivity index (χ3n) is 3.42. The maximum Gasteiger partial charge on any atom is 0.290 e. The summed E-state index contributed by atoms with van der Waals surface area (Å²) in [7, 11) is 0. The predicted molar refractivity (Wildman–Crippen MR) is 106 cm³/mol. The van der Waals surface area contributed by atoms with Crippen LogP contribution in [0.5, 0.6) is 5.75 Å². The van der Waals surface area contributed by atoms with E-state index >= 15 is 0 Å². The molecule has 27 heavy (non-hydrogen) atoms. The lowest BCUT2D eigenvalue weighted by Crippen LogP contribution is -2.20. The third kappa shape index (κ3) is 5.03. The van der Waals surface area contributed by atoms with Crippen molar-refractivity contribution in [1.82, 2.24) is 5.32 Å². The molecule has 2 N–H and O–H groups in total. The molecule has 0 spiro atoms. The van der Waals surface area contributed by atoms with Crippen molar-refractivity contribution in [3.63, 3.8) is 0 Å². The van der Waals surface area contributed by atoms with E-state index in [0.717, 1.165) is 17.3 Å². The minimum Gasteiger partial charge on any atom is -0.484 e. The summed E-state index contributed by atoms with van der Waals surface area (Å²) in [5.74, 6) is -0.355. The average molecular weight is 423 g/mol. The molecule has 0 aliphatic carbocycles. The Morgan fingerprint density at radius 1 is 1.11 bits per heavy atom. The van der Waals surface area contributed by atoms with Gasteiger partial charge in [0.25, 0.3) is 17.1 Å². The SMILES string of the molecule is O=C(COc1ccc(/C=C2\SC(=O)NC2=O)cc1)Nc1c(Cl)cccc1Cl. The number of ether oxygens (including phenoxy) is 1. The zero-order valence-corrected chi connectivity index (χ0v) is 16.0. The number of rotatable bonds is 5. The van der Waals surface area contributed by atoms with Gasteiger partial charge in [0.2, 0.25) is 0 Å². The van der Waals surface area contributed by atoms with E-state index < -0.39 is 17.1 Å². The molecule has 3 rings (SSSR count). The molecule has 0 radical (unpaired) electrons. The highest BCUT2D eigenvalue weighted by Crippen LogP contribution is 2.30. The molecule has 0 bridgehead atoms. The van der Waals surface area contributed by atoms with Gasteiger partial charge in [-0.25, -0.2) is 0 Å². The monoisotopic (exact) mass is 422 g/mol. The number of amides is 3. The summed E-state index contributed by atoms with van der Waals surface area (Å²) in [5.41, 5.74) is 1.06. The molecule has 0 unspecified atom stereocenters. The highest BCUT2D eigenvalue weighted by molar-refractivity contribution is 8.18. The maximum absolute atomic E-state index is 12.0. The van der Waals surface area contributed by atoms with Gasteiger partial charge in [-0.3, -0.25) is 19.7 Å². The predicted octanol–water partition coefficient (Wildman–Crippen LogP) is 4.33. The molecule has 0 saturated carbocycles. The van der Waals surface area contributed by atoms with Gasteiger partial charge in [-0.1, -0.05) is 41.4 Å². The fourth-order valence-electron chi connectivity index (χ4n) is 2.17. The molecule has 1 aliphatic heterocycles. The van der Waals surface area contributed by atoms with Crippen LogP contribution in [0.1, 0.15) is 5.56 Å². The van der Waals surface area contributed by atoms with Crippen molar-refractivity contribution in [2.45, 2.75) is 0 Å². The van der Waals surface area contributed by atoms with Crippen molar-refractivity contribution in [3.8, 4) is 5.75 Å². The van der Waals surface area contributed by atoms with Gasteiger partial charge in [0.15, 0.2) is 6.61 Å². The second-order valence-electron chi connectivity index (χ2n) is 5.35. The Hall–Kier alpha value is -2.48. The third-order valence-corrected chi connectivity index (χ3v) is 4.86. The van der Waals surface area contributed by atoms with Crippen LogP contribution in [0, 0.1) is 0 Å². The molecule has 6 nitrogen and oxygen atoms in total. The first-order valence-electron chi connectivity index (χ1n) is 7.64. The molecular weight excluding hydrogens is 411 g/mol. The Morgan fingerprint density at radius 2 is 1.78 bits per heavy atom. The minimum atomic E-state index is -0.416. The molecule has 0 atom stereocenters. The lowest BCUT2D eigenvalue weighted by molar-refractivity contribution is -0.118. The fraction of sp³-hybridized carbons (Fsp3) is 0.0556. The number of hydrogen-bond acceptors (Lipinski definition) is 5. The zero-order valence-electron chi connectivity index (χ0n) is 13.6. The summed E-state index contributed by atoms with van der Waals surface area (Å²) in [5, 5.41) is 5.06. The van der Waals surface area contributed by atoms with Crippen molar-refractivity contribution in [2.24, 2.45) is 0 Å². The number of thioether (sulfide) groups is 1. The first kappa shape index (κ1) is 19.3. The molecule has 1 heterocycles. The highest BCUT2D eigenvalue weighted by Gasteiger charge is 2.24. The van der Waals surface area contributed by atoms with Crippen LogP contribution in [0.25, 0.3) is 6.08 Å². The van der Waals surface area contributed by atoms with Crippen molar-refractivity contribution in [2.75, 3.05) is 11.9 Å². The van der Waals surface area contributed by atoms with Crippen LogP contribution in [0.3, 0.4) is 0 Å². The van der Waals surface area contributed by atoms with Crippen molar-refractivity contribution in [3.05, 3.63) is 63.0 Å².